The molecular weight excluding hydrogens is 184 g/mol. The van der Waals surface area contributed by atoms with Crippen LogP contribution >= 0.6 is 11.8 Å². The molecule has 0 saturated carbocycles. The molecule has 0 bridgehead atoms. The number of nitrogens with two attached hydrogens (primary N) is 1. The summed E-state index contributed by atoms with van der Waals surface area (Å²) >= 11 is 1.79. The SMILES string of the molecule is CC(N)Cc1nnc2n1CCCS2. The molecule has 2 heterocycles. The summed E-state index contributed by atoms with van der Waals surface area (Å²) in [5, 5.41) is 9.34. The Balaban J connectivity index is 2.21. The summed E-state index contributed by atoms with van der Waals surface area (Å²) in [7, 11) is 0. The van der Waals surface area contributed by atoms with Crippen LogP contribution in [0.5, 0.6) is 0 Å². The van der Waals surface area contributed by atoms with Crippen LogP contribution in [0.1, 0.15) is 19.2 Å². The zero-order valence-electron chi connectivity index (χ0n) is 7.73. The summed E-state index contributed by atoms with van der Waals surface area (Å²) in [5.41, 5.74) is 5.73. The third kappa shape index (κ3) is 1.86. The van der Waals surface area contributed by atoms with Gasteiger partial charge in [-0.25, -0.2) is 0 Å². The molecule has 1 aliphatic rings. The number of hydrogen-bond donors (Lipinski definition) is 1. The molecule has 0 aliphatic carbocycles. The van der Waals surface area contributed by atoms with Crippen molar-refractivity contribution >= 4 is 11.8 Å². The van der Waals surface area contributed by atoms with Crippen molar-refractivity contribution in [3.05, 3.63) is 5.82 Å². The van der Waals surface area contributed by atoms with Gasteiger partial charge in [0.25, 0.3) is 0 Å². The first-order valence-corrected chi connectivity index (χ1v) is 5.56. The maximum atomic E-state index is 5.73. The quantitative estimate of drug-likeness (QED) is 0.758. The molecular formula is C8H14N4S. The van der Waals surface area contributed by atoms with Crippen molar-refractivity contribution in [2.45, 2.75) is 37.5 Å². The number of hydrogen-bond acceptors (Lipinski definition) is 4. The lowest BCUT2D eigenvalue weighted by atomic mass is 10.2. The fourth-order valence-corrected chi connectivity index (χ4v) is 2.38. The standard InChI is InChI=1S/C8H14N4S/c1-6(9)5-7-10-11-8-12(7)3-2-4-13-8/h6H,2-5,9H2,1H3. The Kier molecular flexibility index (Phi) is 2.55. The van der Waals surface area contributed by atoms with Gasteiger partial charge in [0.2, 0.25) is 0 Å². The molecule has 1 aromatic rings. The minimum Gasteiger partial charge on any atom is -0.328 e. The van der Waals surface area contributed by atoms with Crippen molar-refractivity contribution in [2.24, 2.45) is 5.73 Å². The highest BCUT2D eigenvalue weighted by Gasteiger charge is 2.16. The van der Waals surface area contributed by atoms with Crippen LogP contribution in [0.2, 0.25) is 0 Å². The molecule has 1 atom stereocenters. The third-order valence-corrected chi connectivity index (χ3v) is 3.11. The molecule has 1 unspecified atom stereocenters. The van der Waals surface area contributed by atoms with Crippen molar-refractivity contribution in [3.63, 3.8) is 0 Å². The highest BCUT2D eigenvalue weighted by atomic mass is 32.2. The average molecular weight is 198 g/mol. The van der Waals surface area contributed by atoms with Crippen LogP contribution in [0.4, 0.5) is 0 Å². The van der Waals surface area contributed by atoms with Crippen molar-refractivity contribution in [1.29, 1.82) is 0 Å². The van der Waals surface area contributed by atoms with Gasteiger partial charge in [0.05, 0.1) is 0 Å². The topological polar surface area (TPSA) is 56.7 Å². The highest BCUT2D eigenvalue weighted by Crippen LogP contribution is 2.23. The third-order valence-electron chi connectivity index (χ3n) is 2.06. The molecule has 4 nitrogen and oxygen atoms in total. The molecule has 0 radical (unpaired) electrons. The first-order chi connectivity index (χ1) is 6.27. The van der Waals surface area contributed by atoms with Crippen LogP contribution < -0.4 is 5.73 Å². The number of nitrogens with zero attached hydrogens (tertiary/aromatic N) is 3. The van der Waals surface area contributed by atoms with Gasteiger partial charge in [0.1, 0.15) is 5.82 Å². The van der Waals surface area contributed by atoms with Crippen molar-refractivity contribution in [2.75, 3.05) is 5.75 Å². The molecule has 13 heavy (non-hydrogen) atoms. The second kappa shape index (κ2) is 3.67. The fraction of sp³-hybridized carbons (Fsp3) is 0.750. The summed E-state index contributed by atoms with van der Waals surface area (Å²) in [4.78, 5) is 0. The van der Waals surface area contributed by atoms with E-state index in [-0.39, 0.29) is 6.04 Å². The second-order valence-electron chi connectivity index (χ2n) is 3.43. The molecule has 0 spiro atoms. The lowest BCUT2D eigenvalue weighted by Crippen LogP contribution is -2.21. The van der Waals surface area contributed by atoms with Gasteiger partial charge >= 0.3 is 0 Å². The van der Waals surface area contributed by atoms with Crippen LogP contribution in [0.25, 0.3) is 0 Å². The van der Waals surface area contributed by atoms with Crippen LogP contribution in [-0.2, 0) is 13.0 Å². The Morgan fingerprint density at radius 2 is 2.46 bits per heavy atom. The summed E-state index contributed by atoms with van der Waals surface area (Å²) in [6.07, 6.45) is 2.04. The lowest BCUT2D eigenvalue weighted by molar-refractivity contribution is 0.562. The van der Waals surface area contributed by atoms with E-state index in [1.165, 1.54) is 6.42 Å². The van der Waals surface area contributed by atoms with Gasteiger partial charge in [0.15, 0.2) is 5.16 Å². The summed E-state index contributed by atoms with van der Waals surface area (Å²) < 4.78 is 2.19. The van der Waals surface area contributed by atoms with Gasteiger partial charge in [0, 0.05) is 24.8 Å². The van der Waals surface area contributed by atoms with Crippen LogP contribution in [0, 0.1) is 0 Å². The van der Waals surface area contributed by atoms with Crippen LogP contribution in [0.3, 0.4) is 0 Å². The molecule has 2 rings (SSSR count). The smallest absolute Gasteiger partial charge is 0.191 e. The first kappa shape index (κ1) is 9.02. The molecule has 2 N–H and O–H groups in total. The first-order valence-electron chi connectivity index (χ1n) is 4.58. The Bertz CT molecular complexity index is 294. The van der Waals surface area contributed by atoms with Gasteiger partial charge in [-0.1, -0.05) is 11.8 Å². The minimum absolute atomic E-state index is 0.167. The molecule has 0 fully saturated rings. The Morgan fingerprint density at radius 1 is 1.62 bits per heavy atom. The summed E-state index contributed by atoms with van der Waals surface area (Å²) in [6, 6.07) is 0.167. The van der Waals surface area contributed by atoms with E-state index in [9.17, 15) is 0 Å². The largest absolute Gasteiger partial charge is 0.328 e. The second-order valence-corrected chi connectivity index (χ2v) is 4.50. The van der Waals surface area contributed by atoms with Crippen molar-refractivity contribution < 1.29 is 0 Å². The van der Waals surface area contributed by atoms with Gasteiger partial charge in [-0.2, -0.15) is 0 Å². The molecule has 72 valence electrons. The number of thioether (sulfide) groups is 1. The molecule has 5 heteroatoms. The Hall–Kier alpha value is -0.550. The zero-order chi connectivity index (χ0) is 9.26. The van der Waals surface area contributed by atoms with Gasteiger partial charge in [-0.15, -0.1) is 10.2 Å². The molecule has 1 aliphatic heterocycles. The molecule has 0 aromatic carbocycles. The lowest BCUT2D eigenvalue weighted by Gasteiger charge is -2.14. The van der Waals surface area contributed by atoms with E-state index in [2.05, 4.69) is 14.8 Å². The average Bonchev–Trinajstić information content (AvgIpc) is 2.48. The molecule has 0 saturated heterocycles. The normalized spacial score (nSPS) is 18.3. The maximum Gasteiger partial charge on any atom is 0.191 e. The summed E-state index contributed by atoms with van der Waals surface area (Å²) in [5.74, 6) is 2.20. The van der Waals surface area contributed by atoms with Crippen molar-refractivity contribution in [1.82, 2.24) is 14.8 Å². The van der Waals surface area contributed by atoms with Crippen LogP contribution in [-0.4, -0.2) is 26.6 Å². The predicted molar refractivity (Wildman–Crippen MR) is 52.7 cm³/mol. The van der Waals surface area contributed by atoms with E-state index >= 15 is 0 Å². The van der Waals surface area contributed by atoms with Gasteiger partial charge in [-0.05, 0) is 13.3 Å². The van der Waals surface area contributed by atoms with Crippen LogP contribution in [0.15, 0.2) is 5.16 Å². The highest BCUT2D eigenvalue weighted by molar-refractivity contribution is 7.99. The van der Waals surface area contributed by atoms with Gasteiger partial charge in [-0.3, -0.25) is 0 Å². The van der Waals surface area contributed by atoms with E-state index < -0.39 is 0 Å². The monoisotopic (exact) mass is 198 g/mol. The van der Waals surface area contributed by atoms with E-state index in [1.807, 2.05) is 6.92 Å². The number of aromatic nitrogens is 3. The van der Waals surface area contributed by atoms with E-state index in [1.54, 1.807) is 11.8 Å². The maximum absolute atomic E-state index is 5.73. The van der Waals surface area contributed by atoms with E-state index in [0.717, 1.165) is 29.7 Å². The predicted octanol–water partition coefficient (Wildman–Crippen LogP) is 0.664. The minimum atomic E-state index is 0.167. The number of fused-ring (bicyclic) bond motifs is 1. The van der Waals surface area contributed by atoms with Gasteiger partial charge < -0.3 is 10.3 Å². The fourth-order valence-electron chi connectivity index (χ4n) is 1.48. The molecule has 0 amide bonds. The van der Waals surface area contributed by atoms with E-state index in [0.29, 0.717) is 0 Å². The zero-order valence-corrected chi connectivity index (χ0v) is 8.55. The Morgan fingerprint density at radius 3 is 3.23 bits per heavy atom. The van der Waals surface area contributed by atoms with E-state index in [4.69, 9.17) is 5.73 Å². The molecule has 1 aromatic heterocycles. The Labute approximate surface area is 81.9 Å². The van der Waals surface area contributed by atoms with Crippen molar-refractivity contribution in [3.8, 4) is 0 Å². The number of rotatable bonds is 2. The summed E-state index contributed by atoms with van der Waals surface area (Å²) in [6.45, 7) is 3.05.